The van der Waals surface area contributed by atoms with Gasteiger partial charge in [0.15, 0.2) is 5.96 Å². The number of rotatable bonds is 6. The van der Waals surface area contributed by atoms with Crippen LogP contribution in [0.2, 0.25) is 5.02 Å². The Hall–Kier alpha value is -2.54. The summed E-state index contributed by atoms with van der Waals surface area (Å²) in [5.41, 5.74) is 2.01. The summed E-state index contributed by atoms with van der Waals surface area (Å²) in [6.07, 6.45) is 7.68. The van der Waals surface area contributed by atoms with Gasteiger partial charge in [-0.05, 0) is 57.4 Å². The number of hydrogen-bond donors (Lipinski definition) is 3. The normalized spacial score (nSPS) is 19.6. The standard InChI is InChI=1S/C22H31ClN6O/c1-15(2)27-21(30)17-5-4-6-19(11-17)28-22(24-3)25-12-16-13-26-29(14-16)20-9-7-18(23)8-10-20/h7-10,13-15,17,19H,4-6,11-12H2,1-3H3,(H,27,30)(H2,24,25,28). The minimum atomic E-state index is 0.0642. The van der Waals surface area contributed by atoms with Gasteiger partial charge in [0.25, 0.3) is 0 Å². The van der Waals surface area contributed by atoms with Crippen molar-refractivity contribution in [2.75, 3.05) is 7.05 Å². The Bertz CT molecular complexity index is 861. The molecule has 1 aromatic heterocycles. The van der Waals surface area contributed by atoms with E-state index in [2.05, 4.69) is 26.0 Å². The lowest BCUT2D eigenvalue weighted by Crippen LogP contribution is -2.47. The van der Waals surface area contributed by atoms with Gasteiger partial charge in [0.1, 0.15) is 0 Å². The number of halogens is 1. The van der Waals surface area contributed by atoms with Crippen molar-refractivity contribution in [3.05, 3.63) is 47.2 Å². The van der Waals surface area contributed by atoms with Crippen molar-refractivity contribution in [1.82, 2.24) is 25.7 Å². The van der Waals surface area contributed by atoms with Crippen molar-refractivity contribution in [2.45, 2.75) is 58.2 Å². The number of carbonyl (C=O) groups is 1. The molecule has 1 fully saturated rings. The van der Waals surface area contributed by atoms with Crippen LogP contribution in [0.3, 0.4) is 0 Å². The molecule has 0 radical (unpaired) electrons. The molecule has 3 rings (SSSR count). The van der Waals surface area contributed by atoms with E-state index in [1.165, 1.54) is 0 Å². The largest absolute Gasteiger partial charge is 0.354 e. The van der Waals surface area contributed by atoms with E-state index >= 15 is 0 Å². The molecular formula is C22H31ClN6O. The lowest BCUT2D eigenvalue weighted by molar-refractivity contribution is -0.126. The second-order valence-corrected chi connectivity index (χ2v) is 8.50. The van der Waals surface area contributed by atoms with Crippen molar-refractivity contribution in [3.8, 4) is 5.69 Å². The highest BCUT2D eigenvalue weighted by molar-refractivity contribution is 6.30. The van der Waals surface area contributed by atoms with Gasteiger partial charge in [0.2, 0.25) is 5.91 Å². The highest BCUT2D eigenvalue weighted by atomic mass is 35.5. The molecule has 2 atom stereocenters. The van der Waals surface area contributed by atoms with E-state index in [1.807, 2.05) is 55.2 Å². The summed E-state index contributed by atoms with van der Waals surface area (Å²) in [5.74, 6) is 0.965. The molecule has 0 aliphatic heterocycles. The van der Waals surface area contributed by atoms with Crippen LogP contribution >= 0.6 is 11.6 Å². The molecule has 0 saturated heterocycles. The molecule has 8 heteroatoms. The van der Waals surface area contributed by atoms with Crippen molar-refractivity contribution < 1.29 is 4.79 Å². The van der Waals surface area contributed by atoms with Crippen LogP contribution in [0.5, 0.6) is 0 Å². The summed E-state index contributed by atoms with van der Waals surface area (Å²) in [6, 6.07) is 7.98. The van der Waals surface area contributed by atoms with E-state index in [9.17, 15) is 4.79 Å². The summed E-state index contributed by atoms with van der Waals surface area (Å²) in [4.78, 5) is 16.7. The van der Waals surface area contributed by atoms with Crippen molar-refractivity contribution in [2.24, 2.45) is 10.9 Å². The van der Waals surface area contributed by atoms with Gasteiger partial charge in [0, 0.05) is 48.4 Å². The second kappa shape index (κ2) is 10.5. The van der Waals surface area contributed by atoms with Crippen molar-refractivity contribution in [1.29, 1.82) is 0 Å². The van der Waals surface area contributed by atoms with Crippen LogP contribution in [-0.4, -0.2) is 40.8 Å². The first kappa shape index (κ1) is 22.2. The Balaban J connectivity index is 1.51. The molecular weight excluding hydrogens is 400 g/mol. The fraction of sp³-hybridized carbons (Fsp3) is 0.500. The third kappa shape index (κ3) is 6.23. The quantitative estimate of drug-likeness (QED) is 0.485. The molecule has 1 saturated carbocycles. The topological polar surface area (TPSA) is 83.3 Å². The first-order chi connectivity index (χ1) is 14.4. The molecule has 30 heavy (non-hydrogen) atoms. The first-order valence-electron chi connectivity index (χ1n) is 10.5. The Labute approximate surface area is 183 Å². The van der Waals surface area contributed by atoms with Crippen LogP contribution in [0.15, 0.2) is 41.7 Å². The molecule has 1 amide bonds. The zero-order valence-corrected chi connectivity index (χ0v) is 18.6. The van der Waals surface area contributed by atoms with Crippen LogP contribution in [-0.2, 0) is 11.3 Å². The van der Waals surface area contributed by atoms with Crippen LogP contribution in [0.4, 0.5) is 0 Å². The highest BCUT2D eigenvalue weighted by Gasteiger charge is 2.28. The number of aromatic nitrogens is 2. The summed E-state index contributed by atoms with van der Waals surface area (Å²) in [7, 11) is 1.76. The van der Waals surface area contributed by atoms with Crippen molar-refractivity contribution >= 4 is 23.5 Å². The summed E-state index contributed by atoms with van der Waals surface area (Å²) < 4.78 is 1.82. The molecule has 7 nitrogen and oxygen atoms in total. The molecule has 2 unspecified atom stereocenters. The maximum Gasteiger partial charge on any atom is 0.223 e. The molecule has 1 aliphatic rings. The number of hydrogen-bond acceptors (Lipinski definition) is 3. The molecule has 3 N–H and O–H groups in total. The number of carbonyl (C=O) groups excluding carboxylic acids is 1. The van der Waals surface area contributed by atoms with E-state index < -0.39 is 0 Å². The zero-order chi connectivity index (χ0) is 21.5. The summed E-state index contributed by atoms with van der Waals surface area (Å²) >= 11 is 5.95. The van der Waals surface area contributed by atoms with Gasteiger partial charge in [-0.15, -0.1) is 0 Å². The van der Waals surface area contributed by atoms with E-state index in [0.29, 0.717) is 11.6 Å². The molecule has 1 aromatic carbocycles. The number of nitrogens with one attached hydrogen (secondary N) is 3. The molecule has 0 spiro atoms. The average Bonchev–Trinajstić information content (AvgIpc) is 3.20. The molecule has 0 bridgehead atoms. The highest BCUT2D eigenvalue weighted by Crippen LogP contribution is 2.24. The lowest BCUT2D eigenvalue weighted by Gasteiger charge is -2.30. The van der Waals surface area contributed by atoms with Gasteiger partial charge < -0.3 is 16.0 Å². The maximum absolute atomic E-state index is 12.4. The van der Waals surface area contributed by atoms with Gasteiger partial charge in [0.05, 0.1) is 11.9 Å². The number of benzene rings is 1. The van der Waals surface area contributed by atoms with E-state index in [-0.39, 0.29) is 23.9 Å². The SMILES string of the molecule is CN=C(NCc1cnn(-c2ccc(Cl)cc2)c1)NC1CCCC(C(=O)NC(C)C)C1. The molecule has 2 aromatic rings. The number of amides is 1. The number of aliphatic imine (C=N–C) groups is 1. The molecule has 162 valence electrons. The van der Waals surface area contributed by atoms with Crippen LogP contribution < -0.4 is 16.0 Å². The third-order valence-electron chi connectivity index (χ3n) is 5.23. The fourth-order valence-electron chi connectivity index (χ4n) is 3.72. The minimum Gasteiger partial charge on any atom is -0.354 e. The zero-order valence-electron chi connectivity index (χ0n) is 17.9. The number of guanidine groups is 1. The van der Waals surface area contributed by atoms with Gasteiger partial charge in [-0.25, -0.2) is 4.68 Å². The minimum absolute atomic E-state index is 0.0642. The number of nitrogens with zero attached hydrogens (tertiary/aromatic N) is 3. The van der Waals surface area contributed by atoms with Crippen LogP contribution in [0.25, 0.3) is 5.69 Å². The first-order valence-corrected chi connectivity index (χ1v) is 10.9. The van der Waals surface area contributed by atoms with E-state index in [4.69, 9.17) is 11.6 Å². The summed E-state index contributed by atoms with van der Waals surface area (Å²) in [6.45, 7) is 4.60. The van der Waals surface area contributed by atoms with Gasteiger partial charge in [-0.1, -0.05) is 18.0 Å². The smallest absolute Gasteiger partial charge is 0.223 e. The van der Waals surface area contributed by atoms with Crippen LogP contribution in [0, 0.1) is 5.92 Å². The Kier molecular flexibility index (Phi) is 7.74. The van der Waals surface area contributed by atoms with E-state index in [1.54, 1.807) is 7.05 Å². The van der Waals surface area contributed by atoms with Crippen molar-refractivity contribution in [3.63, 3.8) is 0 Å². The predicted octanol–water partition coefficient (Wildman–Crippen LogP) is 3.27. The predicted molar refractivity (Wildman–Crippen MR) is 121 cm³/mol. The van der Waals surface area contributed by atoms with Crippen LogP contribution in [0.1, 0.15) is 45.1 Å². The third-order valence-corrected chi connectivity index (χ3v) is 5.48. The van der Waals surface area contributed by atoms with E-state index in [0.717, 1.165) is 42.9 Å². The second-order valence-electron chi connectivity index (χ2n) is 8.06. The lowest BCUT2D eigenvalue weighted by atomic mass is 9.85. The van der Waals surface area contributed by atoms with Gasteiger partial charge in [-0.2, -0.15) is 5.10 Å². The Morgan fingerprint density at radius 1 is 1.30 bits per heavy atom. The Morgan fingerprint density at radius 3 is 2.77 bits per heavy atom. The monoisotopic (exact) mass is 430 g/mol. The fourth-order valence-corrected chi connectivity index (χ4v) is 3.85. The van der Waals surface area contributed by atoms with Gasteiger partial charge in [-0.3, -0.25) is 9.79 Å². The molecule has 1 aliphatic carbocycles. The van der Waals surface area contributed by atoms with Gasteiger partial charge >= 0.3 is 0 Å². The molecule has 1 heterocycles. The average molecular weight is 431 g/mol. The Morgan fingerprint density at radius 2 is 2.07 bits per heavy atom. The maximum atomic E-state index is 12.4. The summed E-state index contributed by atoms with van der Waals surface area (Å²) in [5, 5.41) is 15.0.